The fourth-order valence-corrected chi connectivity index (χ4v) is 3.45. The average Bonchev–Trinajstić information content (AvgIpc) is 3.28. The van der Waals surface area contributed by atoms with Crippen LogP contribution < -0.4 is 14.4 Å². The minimum Gasteiger partial charge on any atom is -0.496 e. The van der Waals surface area contributed by atoms with Crippen molar-refractivity contribution in [3.05, 3.63) is 36.9 Å². The van der Waals surface area contributed by atoms with Crippen LogP contribution in [0.4, 0.5) is 5.82 Å². The molecular formula is C21H20N6O4. The standard InChI is InChI=1S/C21H20N6O4/c1-28-16-3-4-22-12-14(16)17-9-15-18(31-17)20(27-5-7-30-8-6-27)26-19(25-15)13-10-23-21(29-2)24-11-13/h3-4,9-12H,5-8H2,1-2H3. The largest absolute Gasteiger partial charge is 0.496 e. The molecule has 5 rings (SSSR count). The van der Waals surface area contributed by atoms with E-state index in [0.29, 0.717) is 66.1 Å². The summed E-state index contributed by atoms with van der Waals surface area (Å²) in [6.45, 7) is 2.65. The van der Waals surface area contributed by atoms with Gasteiger partial charge in [-0.15, -0.1) is 0 Å². The Bertz CT molecular complexity index is 1200. The maximum Gasteiger partial charge on any atom is 0.316 e. The summed E-state index contributed by atoms with van der Waals surface area (Å²) in [4.78, 5) is 24.2. The van der Waals surface area contributed by atoms with Crippen LogP contribution in [0, 0.1) is 0 Å². The van der Waals surface area contributed by atoms with Crippen LogP contribution in [0.25, 0.3) is 33.8 Å². The first-order valence-corrected chi connectivity index (χ1v) is 9.76. The lowest BCUT2D eigenvalue weighted by Crippen LogP contribution is -2.37. The predicted octanol–water partition coefficient (Wildman–Crippen LogP) is 2.60. The van der Waals surface area contributed by atoms with Gasteiger partial charge in [-0.2, -0.15) is 0 Å². The third-order valence-corrected chi connectivity index (χ3v) is 5.00. The van der Waals surface area contributed by atoms with Gasteiger partial charge in [0.15, 0.2) is 17.2 Å². The van der Waals surface area contributed by atoms with Crippen molar-refractivity contribution in [2.24, 2.45) is 0 Å². The Balaban J connectivity index is 1.67. The van der Waals surface area contributed by atoms with E-state index in [1.807, 2.05) is 6.07 Å². The summed E-state index contributed by atoms with van der Waals surface area (Å²) < 4.78 is 22.2. The molecule has 0 amide bonds. The van der Waals surface area contributed by atoms with Gasteiger partial charge < -0.3 is 23.5 Å². The molecular weight excluding hydrogens is 400 g/mol. The van der Waals surface area contributed by atoms with E-state index in [4.69, 9.17) is 28.6 Å². The van der Waals surface area contributed by atoms with Crippen molar-refractivity contribution in [2.45, 2.75) is 0 Å². The lowest BCUT2D eigenvalue weighted by molar-refractivity contribution is 0.122. The van der Waals surface area contributed by atoms with E-state index in [-0.39, 0.29) is 6.01 Å². The molecule has 0 bridgehead atoms. The minimum atomic E-state index is 0.285. The van der Waals surface area contributed by atoms with E-state index in [1.165, 1.54) is 7.11 Å². The molecule has 1 saturated heterocycles. The molecule has 0 atom stereocenters. The van der Waals surface area contributed by atoms with Crippen LogP contribution in [0.2, 0.25) is 0 Å². The molecule has 31 heavy (non-hydrogen) atoms. The Morgan fingerprint density at radius 3 is 2.55 bits per heavy atom. The Labute approximate surface area is 177 Å². The molecule has 1 fully saturated rings. The molecule has 0 unspecified atom stereocenters. The number of morpholine rings is 1. The van der Waals surface area contributed by atoms with E-state index < -0.39 is 0 Å². The maximum atomic E-state index is 6.23. The molecule has 4 aromatic rings. The van der Waals surface area contributed by atoms with Crippen LogP contribution in [0.5, 0.6) is 11.8 Å². The van der Waals surface area contributed by atoms with Crippen LogP contribution in [0.3, 0.4) is 0 Å². The molecule has 10 nitrogen and oxygen atoms in total. The highest BCUT2D eigenvalue weighted by molar-refractivity contribution is 5.90. The van der Waals surface area contributed by atoms with Gasteiger partial charge in [0.25, 0.3) is 0 Å². The summed E-state index contributed by atoms with van der Waals surface area (Å²) in [6.07, 6.45) is 6.66. The highest BCUT2D eigenvalue weighted by Crippen LogP contribution is 2.37. The number of ether oxygens (including phenoxy) is 3. The SMILES string of the molecule is COc1ncc(-c2nc(N3CCOCC3)c3oc(-c4cnccc4OC)cc3n2)cn1. The molecule has 158 valence electrons. The summed E-state index contributed by atoms with van der Waals surface area (Å²) in [5.41, 5.74) is 2.69. The maximum absolute atomic E-state index is 6.23. The van der Waals surface area contributed by atoms with Crippen LogP contribution in [0.1, 0.15) is 0 Å². The lowest BCUT2D eigenvalue weighted by atomic mass is 10.2. The third-order valence-electron chi connectivity index (χ3n) is 5.00. The van der Waals surface area contributed by atoms with Crippen LogP contribution in [-0.2, 0) is 4.74 Å². The smallest absolute Gasteiger partial charge is 0.316 e. The van der Waals surface area contributed by atoms with Crippen LogP contribution in [0.15, 0.2) is 41.3 Å². The number of aromatic nitrogens is 5. The van der Waals surface area contributed by atoms with Gasteiger partial charge in [-0.3, -0.25) is 4.98 Å². The van der Waals surface area contributed by atoms with E-state index >= 15 is 0 Å². The predicted molar refractivity (Wildman–Crippen MR) is 112 cm³/mol. The zero-order chi connectivity index (χ0) is 21.2. The molecule has 0 saturated carbocycles. The molecule has 0 radical (unpaired) electrons. The van der Waals surface area contributed by atoms with E-state index in [9.17, 15) is 0 Å². The van der Waals surface area contributed by atoms with Crippen LogP contribution in [-0.4, -0.2) is 65.4 Å². The molecule has 1 aliphatic rings. The van der Waals surface area contributed by atoms with Gasteiger partial charge in [0, 0.05) is 43.9 Å². The van der Waals surface area contributed by atoms with Crippen molar-refractivity contribution in [2.75, 3.05) is 45.4 Å². The first-order chi connectivity index (χ1) is 15.3. The molecule has 5 heterocycles. The van der Waals surface area contributed by atoms with E-state index in [1.54, 1.807) is 38.0 Å². The van der Waals surface area contributed by atoms with Crippen molar-refractivity contribution in [1.29, 1.82) is 0 Å². The quantitative estimate of drug-likeness (QED) is 0.478. The summed E-state index contributed by atoms with van der Waals surface area (Å²) in [7, 11) is 3.13. The lowest BCUT2D eigenvalue weighted by Gasteiger charge is -2.27. The number of furan rings is 1. The fraction of sp³-hybridized carbons (Fsp3) is 0.286. The van der Waals surface area contributed by atoms with Crippen molar-refractivity contribution < 1.29 is 18.6 Å². The monoisotopic (exact) mass is 420 g/mol. The zero-order valence-electron chi connectivity index (χ0n) is 17.1. The molecule has 10 heteroatoms. The zero-order valence-corrected chi connectivity index (χ0v) is 17.1. The van der Waals surface area contributed by atoms with E-state index in [2.05, 4.69) is 19.9 Å². The van der Waals surface area contributed by atoms with Gasteiger partial charge in [-0.1, -0.05) is 0 Å². The van der Waals surface area contributed by atoms with E-state index in [0.717, 1.165) is 5.56 Å². The Hall–Kier alpha value is -3.79. The molecule has 0 aliphatic carbocycles. The van der Waals surface area contributed by atoms with Gasteiger partial charge in [-0.25, -0.2) is 19.9 Å². The number of fused-ring (bicyclic) bond motifs is 1. The van der Waals surface area contributed by atoms with Crippen LogP contribution >= 0.6 is 0 Å². The van der Waals surface area contributed by atoms with Crippen molar-refractivity contribution in [3.63, 3.8) is 0 Å². The molecule has 0 aromatic carbocycles. The fourth-order valence-electron chi connectivity index (χ4n) is 3.45. The summed E-state index contributed by atoms with van der Waals surface area (Å²) in [5.74, 6) is 2.47. The number of anilines is 1. The average molecular weight is 420 g/mol. The first kappa shape index (κ1) is 19.2. The van der Waals surface area contributed by atoms with Gasteiger partial charge in [-0.05, 0) is 6.07 Å². The van der Waals surface area contributed by atoms with Crippen molar-refractivity contribution in [1.82, 2.24) is 24.9 Å². The molecule has 4 aromatic heterocycles. The summed E-state index contributed by atoms with van der Waals surface area (Å²) in [6, 6.07) is 3.94. The topological polar surface area (TPSA) is 109 Å². The first-order valence-electron chi connectivity index (χ1n) is 9.76. The number of nitrogens with zero attached hydrogens (tertiary/aromatic N) is 6. The highest BCUT2D eigenvalue weighted by Gasteiger charge is 2.23. The normalized spacial score (nSPS) is 14.1. The molecule has 1 aliphatic heterocycles. The number of hydrogen-bond acceptors (Lipinski definition) is 10. The second-order valence-corrected chi connectivity index (χ2v) is 6.83. The van der Waals surface area contributed by atoms with Gasteiger partial charge in [0.05, 0.1) is 38.6 Å². The Morgan fingerprint density at radius 2 is 1.81 bits per heavy atom. The highest BCUT2D eigenvalue weighted by atomic mass is 16.5. The summed E-state index contributed by atoms with van der Waals surface area (Å²) in [5, 5.41) is 0. The number of pyridine rings is 1. The van der Waals surface area contributed by atoms with Gasteiger partial charge >= 0.3 is 6.01 Å². The molecule has 0 spiro atoms. The number of rotatable bonds is 5. The third kappa shape index (κ3) is 3.61. The minimum absolute atomic E-state index is 0.285. The van der Waals surface area contributed by atoms with Gasteiger partial charge in [0.2, 0.25) is 0 Å². The second-order valence-electron chi connectivity index (χ2n) is 6.83. The second kappa shape index (κ2) is 8.15. The number of methoxy groups -OCH3 is 2. The van der Waals surface area contributed by atoms with Crippen molar-refractivity contribution in [3.8, 4) is 34.5 Å². The van der Waals surface area contributed by atoms with Crippen molar-refractivity contribution >= 4 is 16.9 Å². The Kier molecular flexibility index (Phi) is 5.04. The summed E-state index contributed by atoms with van der Waals surface area (Å²) >= 11 is 0. The number of hydrogen-bond donors (Lipinski definition) is 0. The van der Waals surface area contributed by atoms with Gasteiger partial charge in [0.1, 0.15) is 17.0 Å². The molecule has 0 N–H and O–H groups in total. The Morgan fingerprint density at radius 1 is 1.00 bits per heavy atom.